The van der Waals surface area contributed by atoms with E-state index in [1.165, 1.54) is 25.2 Å². The van der Waals surface area contributed by atoms with Crippen LogP contribution >= 0.6 is 0 Å². The van der Waals surface area contributed by atoms with Gasteiger partial charge in [0.15, 0.2) is 0 Å². The van der Waals surface area contributed by atoms with Crippen LogP contribution in [0.5, 0.6) is 0 Å². The van der Waals surface area contributed by atoms with Gasteiger partial charge >= 0.3 is 0 Å². The number of anilines is 2. The third-order valence-electron chi connectivity index (χ3n) is 2.61. The third kappa shape index (κ3) is 5.16. The molecule has 0 radical (unpaired) electrons. The molecule has 0 spiro atoms. The van der Waals surface area contributed by atoms with Gasteiger partial charge in [-0.2, -0.15) is 0 Å². The third-order valence-corrected chi connectivity index (χ3v) is 5.54. The van der Waals surface area contributed by atoms with Crippen LogP contribution < -0.4 is 20.5 Å². The van der Waals surface area contributed by atoms with E-state index in [1.807, 2.05) is 0 Å². The summed E-state index contributed by atoms with van der Waals surface area (Å²) in [5.74, 6) is -0.162. The molecule has 0 heterocycles. The van der Waals surface area contributed by atoms with Crippen molar-refractivity contribution < 1.29 is 16.8 Å². The number of nitrogens with two attached hydrogens (primary N) is 1. The van der Waals surface area contributed by atoms with Crippen LogP contribution in [0.4, 0.5) is 11.4 Å². The van der Waals surface area contributed by atoms with Gasteiger partial charge in [-0.1, -0.05) is 6.92 Å². The Labute approximate surface area is 125 Å². The van der Waals surface area contributed by atoms with E-state index >= 15 is 0 Å². The van der Waals surface area contributed by atoms with E-state index in [9.17, 15) is 16.8 Å². The lowest BCUT2D eigenvalue weighted by atomic mass is 10.3. The molecule has 10 heteroatoms. The Morgan fingerprint density at radius 2 is 1.86 bits per heavy atom. The summed E-state index contributed by atoms with van der Waals surface area (Å²) in [6, 6.07) is 4.35. The van der Waals surface area contributed by atoms with Gasteiger partial charge in [-0.25, -0.2) is 26.3 Å². The first-order valence-corrected chi connectivity index (χ1v) is 9.39. The van der Waals surface area contributed by atoms with Crippen molar-refractivity contribution in [3.8, 4) is 0 Å². The number of benzene rings is 1. The molecule has 0 fully saturated rings. The van der Waals surface area contributed by atoms with Gasteiger partial charge in [-0.05, 0) is 25.2 Å². The lowest BCUT2D eigenvalue weighted by Gasteiger charge is -2.13. The Morgan fingerprint density at radius 1 is 1.19 bits per heavy atom. The molecule has 0 atom stereocenters. The lowest BCUT2D eigenvalue weighted by Crippen LogP contribution is -2.29. The fourth-order valence-electron chi connectivity index (χ4n) is 1.63. The van der Waals surface area contributed by atoms with Crippen molar-refractivity contribution in [2.45, 2.75) is 11.8 Å². The normalized spacial score (nSPS) is 12.3. The molecule has 0 amide bonds. The molecule has 0 aromatic heterocycles. The predicted molar refractivity (Wildman–Crippen MR) is 83.1 cm³/mol. The Hall–Kier alpha value is -1.36. The highest BCUT2D eigenvalue weighted by Crippen LogP contribution is 2.23. The molecule has 8 nitrogen and oxygen atoms in total. The van der Waals surface area contributed by atoms with Crippen molar-refractivity contribution in [3.63, 3.8) is 0 Å². The summed E-state index contributed by atoms with van der Waals surface area (Å²) in [6.07, 6.45) is 0. The van der Waals surface area contributed by atoms with E-state index in [4.69, 9.17) is 5.73 Å². The first-order valence-electron chi connectivity index (χ1n) is 6.26. The predicted octanol–water partition coefficient (Wildman–Crippen LogP) is -0.472. The van der Waals surface area contributed by atoms with Crippen LogP contribution in [0.2, 0.25) is 0 Å². The second-order valence-corrected chi connectivity index (χ2v) is 7.99. The minimum absolute atomic E-state index is 0.0224. The summed E-state index contributed by atoms with van der Waals surface area (Å²) in [5.41, 5.74) is 6.19. The average molecular weight is 336 g/mol. The summed E-state index contributed by atoms with van der Waals surface area (Å²) < 4.78 is 51.4. The van der Waals surface area contributed by atoms with Gasteiger partial charge in [0.2, 0.25) is 20.0 Å². The standard InChI is InChI=1S/C11H20N4O4S2/c1-3-15-20(16,17)7-6-14-10-5-4-9(12)8-11(10)21(18,19)13-2/h4-5,8,13-15H,3,6-7,12H2,1-2H3. The Balaban J connectivity index is 2.90. The van der Waals surface area contributed by atoms with Crippen LogP contribution in [0.3, 0.4) is 0 Å². The molecule has 21 heavy (non-hydrogen) atoms. The number of rotatable bonds is 8. The van der Waals surface area contributed by atoms with Crippen molar-refractivity contribution in [2.24, 2.45) is 0 Å². The Morgan fingerprint density at radius 3 is 2.43 bits per heavy atom. The zero-order chi connectivity index (χ0) is 16.1. The summed E-state index contributed by atoms with van der Waals surface area (Å²) in [5, 5.41) is 2.80. The molecule has 5 N–H and O–H groups in total. The summed E-state index contributed by atoms with van der Waals surface area (Å²) in [7, 11) is -5.76. The molecule has 1 rings (SSSR count). The van der Waals surface area contributed by atoms with Gasteiger partial charge in [-0.15, -0.1) is 0 Å². The van der Waals surface area contributed by atoms with Crippen LogP contribution in [0.1, 0.15) is 6.92 Å². The molecular formula is C11H20N4O4S2. The van der Waals surface area contributed by atoms with Crippen molar-refractivity contribution in [1.29, 1.82) is 0 Å². The maximum atomic E-state index is 11.9. The smallest absolute Gasteiger partial charge is 0.242 e. The lowest BCUT2D eigenvalue weighted by molar-refractivity contribution is 0.584. The van der Waals surface area contributed by atoms with Crippen LogP contribution in [-0.2, 0) is 20.0 Å². The highest BCUT2D eigenvalue weighted by molar-refractivity contribution is 7.89. The number of hydrogen-bond donors (Lipinski definition) is 4. The van der Waals surface area contributed by atoms with Gasteiger partial charge < -0.3 is 11.1 Å². The van der Waals surface area contributed by atoms with E-state index in [-0.39, 0.29) is 17.2 Å². The van der Waals surface area contributed by atoms with E-state index in [0.717, 1.165) is 0 Å². The molecule has 0 unspecified atom stereocenters. The van der Waals surface area contributed by atoms with Crippen molar-refractivity contribution in [3.05, 3.63) is 18.2 Å². The summed E-state index contributed by atoms with van der Waals surface area (Å²) in [4.78, 5) is -0.0224. The maximum absolute atomic E-state index is 11.9. The monoisotopic (exact) mass is 336 g/mol. The van der Waals surface area contributed by atoms with Crippen LogP contribution in [0.15, 0.2) is 23.1 Å². The second kappa shape index (κ2) is 7.07. The second-order valence-electron chi connectivity index (χ2n) is 4.21. The molecule has 120 valence electrons. The number of nitrogens with one attached hydrogen (secondary N) is 3. The Bertz CT molecular complexity index is 686. The highest BCUT2D eigenvalue weighted by Gasteiger charge is 2.17. The zero-order valence-corrected chi connectivity index (χ0v) is 13.5. The van der Waals surface area contributed by atoms with Crippen molar-refractivity contribution in [2.75, 3.05) is 36.9 Å². The Kier molecular flexibility index (Phi) is 5.96. The summed E-state index contributed by atoms with van der Waals surface area (Å²) >= 11 is 0. The number of nitrogen functional groups attached to an aromatic ring is 1. The van der Waals surface area contributed by atoms with Gasteiger partial charge in [-0.3, -0.25) is 0 Å². The molecule has 1 aromatic carbocycles. The molecule has 1 aromatic rings. The largest absolute Gasteiger partial charge is 0.399 e. The molecule has 0 bridgehead atoms. The quantitative estimate of drug-likeness (QED) is 0.475. The molecular weight excluding hydrogens is 316 g/mol. The van der Waals surface area contributed by atoms with Gasteiger partial charge in [0.25, 0.3) is 0 Å². The van der Waals surface area contributed by atoms with Crippen LogP contribution in [0.25, 0.3) is 0 Å². The molecule has 0 aliphatic heterocycles. The first-order chi connectivity index (χ1) is 9.72. The summed E-state index contributed by atoms with van der Waals surface area (Å²) in [6.45, 7) is 2.07. The van der Waals surface area contributed by atoms with Crippen molar-refractivity contribution >= 4 is 31.4 Å². The number of hydrogen-bond acceptors (Lipinski definition) is 6. The topological polar surface area (TPSA) is 130 Å². The van der Waals surface area contributed by atoms with Gasteiger partial charge in [0, 0.05) is 18.8 Å². The fourth-order valence-corrected chi connectivity index (χ4v) is 3.53. The highest BCUT2D eigenvalue weighted by atomic mass is 32.2. The van der Waals surface area contributed by atoms with Crippen LogP contribution in [-0.4, -0.2) is 42.7 Å². The first kappa shape index (κ1) is 17.7. The zero-order valence-electron chi connectivity index (χ0n) is 11.9. The van der Waals surface area contributed by atoms with Gasteiger partial charge in [0.1, 0.15) is 4.90 Å². The van der Waals surface area contributed by atoms with E-state index in [0.29, 0.717) is 17.9 Å². The molecule has 0 saturated heterocycles. The van der Waals surface area contributed by atoms with Crippen LogP contribution in [0, 0.1) is 0 Å². The average Bonchev–Trinajstić information content (AvgIpc) is 2.40. The molecule has 0 aliphatic carbocycles. The minimum atomic E-state index is -3.69. The maximum Gasteiger partial charge on any atom is 0.242 e. The molecule has 0 aliphatic rings. The number of sulfonamides is 2. The van der Waals surface area contributed by atoms with E-state index in [1.54, 1.807) is 6.92 Å². The SMILES string of the molecule is CCNS(=O)(=O)CCNc1ccc(N)cc1S(=O)(=O)NC. The van der Waals surface area contributed by atoms with E-state index < -0.39 is 20.0 Å². The molecule has 0 saturated carbocycles. The minimum Gasteiger partial charge on any atom is -0.399 e. The van der Waals surface area contributed by atoms with Crippen molar-refractivity contribution in [1.82, 2.24) is 9.44 Å². The fraction of sp³-hybridized carbons (Fsp3) is 0.455. The van der Waals surface area contributed by atoms with Gasteiger partial charge in [0.05, 0.1) is 11.4 Å². The van der Waals surface area contributed by atoms with E-state index in [2.05, 4.69) is 14.8 Å².